The van der Waals surface area contributed by atoms with Gasteiger partial charge in [0.2, 0.25) is 0 Å². The van der Waals surface area contributed by atoms with Gasteiger partial charge in [0.1, 0.15) is 0 Å². The Morgan fingerprint density at radius 2 is 1.94 bits per heavy atom. The monoisotopic (exact) mass is 309 g/mol. The van der Waals surface area contributed by atoms with Gasteiger partial charge in [-0.05, 0) is 27.6 Å². The largest absolute Gasteiger partial charge is 0.355 e. The SMILES string of the molecule is COC(CNCc1ccc(F)c(F)c1Br)OC. The van der Waals surface area contributed by atoms with Crippen LogP contribution in [0, 0.1) is 11.6 Å². The van der Waals surface area contributed by atoms with Gasteiger partial charge in [-0.25, -0.2) is 8.78 Å². The lowest BCUT2D eigenvalue weighted by Crippen LogP contribution is -2.29. The Kier molecular flexibility index (Phi) is 5.97. The maximum atomic E-state index is 13.2. The van der Waals surface area contributed by atoms with Gasteiger partial charge in [0.25, 0.3) is 0 Å². The van der Waals surface area contributed by atoms with Crippen molar-refractivity contribution in [2.45, 2.75) is 12.8 Å². The molecule has 0 aliphatic carbocycles. The standard InChI is InChI=1S/C11H14BrF2NO2/c1-16-9(17-2)6-15-5-7-3-4-8(13)11(14)10(7)12/h3-4,9,15H,5-6H2,1-2H3. The van der Waals surface area contributed by atoms with Gasteiger partial charge in [0.05, 0.1) is 4.47 Å². The van der Waals surface area contributed by atoms with E-state index in [0.717, 1.165) is 6.07 Å². The third kappa shape index (κ3) is 3.99. The predicted molar refractivity (Wildman–Crippen MR) is 63.6 cm³/mol. The minimum absolute atomic E-state index is 0.136. The topological polar surface area (TPSA) is 30.5 Å². The molecule has 0 fully saturated rings. The molecule has 0 saturated heterocycles. The molecule has 0 bridgehead atoms. The third-order valence-corrected chi connectivity index (χ3v) is 3.12. The first-order valence-corrected chi connectivity index (χ1v) is 5.78. The van der Waals surface area contributed by atoms with Crippen LogP contribution in [-0.2, 0) is 16.0 Å². The summed E-state index contributed by atoms with van der Waals surface area (Å²) < 4.78 is 36.2. The van der Waals surface area contributed by atoms with Crippen molar-refractivity contribution in [3.63, 3.8) is 0 Å². The van der Waals surface area contributed by atoms with E-state index < -0.39 is 11.6 Å². The summed E-state index contributed by atoms with van der Waals surface area (Å²) in [7, 11) is 3.06. The van der Waals surface area contributed by atoms with Crippen molar-refractivity contribution in [3.05, 3.63) is 33.8 Å². The first-order chi connectivity index (χ1) is 8.10. The number of rotatable bonds is 6. The molecule has 0 unspecified atom stereocenters. The minimum Gasteiger partial charge on any atom is -0.355 e. The molecule has 0 atom stereocenters. The molecule has 0 heterocycles. The van der Waals surface area contributed by atoms with Crippen molar-refractivity contribution in [3.8, 4) is 0 Å². The molecular weight excluding hydrogens is 296 g/mol. The van der Waals surface area contributed by atoms with Crippen LogP contribution < -0.4 is 5.32 Å². The number of nitrogens with one attached hydrogen (secondary N) is 1. The molecule has 0 amide bonds. The Balaban J connectivity index is 2.55. The van der Waals surface area contributed by atoms with Crippen molar-refractivity contribution in [1.29, 1.82) is 0 Å². The highest BCUT2D eigenvalue weighted by molar-refractivity contribution is 9.10. The number of halogens is 3. The lowest BCUT2D eigenvalue weighted by molar-refractivity contribution is -0.0989. The fourth-order valence-electron chi connectivity index (χ4n) is 1.29. The second kappa shape index (κ2) is 7.00. The van der Waals surface area contributed by atoms with Gasteiger partial charge in [-0.1, -0.05) is 6.07 Å². The van der Waals surface area contributed by atoms with Gasteiger partial charge in [-0.2, -0.15) is 0 Å². The van der Waals surface area contributed by atoms with Gasteiger partial charge < -0.3 is 14.8 Å². The van der Waals surface area contributed by atoms with Gasteiger partial charge >= 0.3 is 0 Å². The second-order valence-corrected chi connectivity index (χ2v) is 4.16. The van der Waals surface area contributed by atoms with Gasteiger partial charge in [-0.15, -0.1) is 0 Å². The first kappa shape index (κ1) is 14.5. The molecule has 1 aromatic rings. The van der Waals surface area contributed by atoms with Crippen LogP contribution in [0.2, 0.25) is 0 Å². The zero-order valence-electron chi connectivity index (χ0n) is 9.60. The van der Waals surface area contributed by atoms with Crippen LogP contribution >= 0.6 is 15.9 Å². The normalized spacial score (nSPS) is 11.2. The predicted octanol–water partition coefficient (Wildman–Crippen LogP) is 2.44. The molecule has 96 valence electrons. The highest BCUT2D eigenvalue weighted by Crippen LogP contribution is 2.22. The number of benzene rings is 1. The van der Waals surface area contributed by atoms with Crippen molar-refractivity contribution in [2.75, 3.05) is 20.8 Å². The van der Waals surface area contributed by atoms with E-state index in [1.165, 1.54) is 20.3 Å². The van der Waals surface area contributed by atoms with E-state index in [0.29, 0.717) is 18.7 Å². The van der Waals surface area contributed by atoms with E-state index in [2.05, 4.69) is 21.2 Å². The fourth-order valence-corrected chi connectivity index (χ4v) is 1.75. The molecule has 0 radical (unpaired) electrons. The van der Waals surface area contributed by atoms with Crippen LogP contribution in [0.5, 0.6) is 0 Å². The van der Waals surface area contributed by atoms with Crippen molar-refractivity contribution < 1.29 is 18.3 Å². The van der Waals surface area contributed by atoms with E-state index in [-0.39, 0.29) is 10.8 Å². The molecule has 0 aliphatic heterocycles. The molecule has 6 heteroatoms. The number of ether oxygens (including phenoxy) is 2. The molecule has 0 aromatic heterocycles. The van der Waals surface area contributed by atoms with Gasteiger partial charge in [0, 0.05) is 27.3 Å². The summed E-state index contributed by atoms with van der Waals surface area (Å²) in [5, 5.41) is 3.02. The zero-order valence-corrected chi connectivity index (χ0v) is 11.2. The van der Waals surface area contributed by atoms with Crippen LogP contribution in [0.4, 0.5) is 8.78 Å². The Hall–Kier alpha value is -0.560. The summed E-state index contributed by atoms with van der Waals surface area (Å²) in [6.07, 6.45) is -0.362. The van der Waals surface area contributed by atoms with Crippen molar-refractivity contribution >= 4 is 15.9 Å². The molecule has 3 nitrogen and oxygen atoms in total. The summed E-state index contributed by atoms with van der Waals surface area (Å²) in [6, 6.07) is 2.62. The third-order valence-electron chi connectivity index (χ3n) is 2.27. The average Bonchev–Trinajstić information content (AvgIpc) is 2.34. The summed E-state index contributed by atoms with van der Waals surface area (Å²) in [4.78, 5) is 0. The van der Waals surface area contributed by atoms with E-state index in [1.807, 2.05) is 0 Å². The molecule has 17 heavy (non-hydrogen) atoms. The van der Waals surface area contributed by atoms with E-state index in [1.54, 1.807) is 0 Å². The molecule has 0 aliphatic rings. The van der Waals surface area contributed by atoms with Crippen LogP contribution in [-0.4, -0.2) is 27.1 Å². The zero-order chi connectivity index (χ0) is 12.8. The highest BCUT2D eigenvalue weighted by atomic mass is 79.9. The van der Waals surface area contributed by atoms with Crippen LogP contribution in [0.1, 0.15) is 5.56 Å². The van der Waals surface area contributed by atoms with Gasteiger partial charge in [0.15, 0.2) is 17.9 Å². The molecule has 1 rings (SSSR count). The number of hydrogen-bond acceptors (Lipinski definition) is 3. The first-order valence-electron chi connectivity index (χ1n) is 4.98. The maximum absolute atomic E-state index is 13.2. The lowest BCUT2D eigenvalue weighted by Gasteiger charge is -2.14. The van der Waals surface area contributed by atoms with Crippen molar-refractivity contribution in [2.24, 2.45) is 0 Å². The van der Waals surface area contributed by atoms with Crippen LogP contribution in [0.3, 0.4) is 0 Å². The quantitative estimate of drug-likeness (QED) is 0.647. The Labute approximate surface area is 107 Å². The van der Waals surface area contributed by atoms with E-state index in [4.69, 9.17) is 9.47 Å². The summed E-state index contributed by atoms with van der Waals surface area (Å²) in [6.45, 7) is 0.847. The molecular formula is C11H14BrF2NO2. The average molecular weight is 310 g/mol. The van der Waals surface area contributed by atoms with Crippen LogP contribution in [0.15, 0.2) is 16.6 Å². The Morgan fingerprint density at radius 1 is 1.29 bits per heavy atom. The summed E-state index contributed by atoms with van der Waals surface area (Å²) in [5.74, 6) is -1.74. The number of methoxy groups -OCH3 is 2. The molecule has 1 aromatic carbocycles. The Morgan fingerprint density at radius 3 is 2.53 bits per heavy atom. The minimum atomic E-state index is -0.876. The molecule has 0 saturated carbocycles. The van der Waals surface area contributed by atoms with Gasteiger partial charge in [-0.3, -0.25) is 0 Å². The molecule has 0 spiro atoms. The van der Waals surface area contributed by atoms with E-state index >= 15 is 0 Å². The lowest BCUT2D eigenvalue weighted by atomic mass is 10.2. The van der Waals surface area contributed by atoms with Crippen molar-refractivity contribution in [1.82, 2.24) is 5.32 Å². The fraction of sp³-hybridized carbons (Fsp3) is 0.455. The van der Waals surface area contributed by atoms with Crippen LogP contribution in [0.25, 0.3) is 0 Å². The van der Waals surface area contributed by atoms with E-state index in [9.17, 15) is 8.78 Å². The summed E-state index contributed by atoms with van der Waals surface area (Å²) in [5.41, 5.74) is 0.634. The second-order valence-electron chi connectivity index (χ2n) is 3.37. The highest BCUT2D eigenvalue weighted by Gasteiger charge is 2.11. The number of hydrogen-bond donors (Lipinski definition) is 1. The molecule has 1 N–H and O–H groups in total. The maximum Gasteiger partial charge on any atom is 0.173 e. The smallest absolute Gasteiger partial charge is 0.173 e. The Bertz CT molecular complexity index is 373. The summed E-state index contributed by atoms with van der Waals surface area (Å²) >= 11 is 3.01.